The maximum Gasteiger partial charge on any atom is -0.0239 e. The van der Waals surface area contributed by atoms with Crippen molar-refractivity contribution in [1.29, 1.82) is 0 Å². The van der Waals surface area contributed by atoms with Gasteiger partial charge in [-0.25, -0.2) is 0 Å². The van der Waals surface area contributed by atoms with E-state index >= 15 is 0 Å². The Morgan fingerprint density at radius 3 is 2.29 bits per heavy atom. The molecular weight excluding hydrogens is 84.1 g/mol. The molecule has 0 aromatic carbocycles. The van der Waals surface area contributed by atoms with Crippen LogP contribution in [0.1, 0.15) is 19.8 Å². The van der Waals surface area contributed by atoms with Crippen LogP contribution in [0.5, 0.6) is 0 Å². The van der Waals surface area contributed by atoms with Gasteiger partial charge in [0, 0.05) is 0 Å². The summed E-state index contributed by atoms with van der Waals surface area (Å²) < 4.78 is 0. The highest BCUT2D eigenvalue weighted by atomic mass is 14.2. The zero-order chi connectivity index (χ0) is 5.28. The fourth-order valence-corrected chi connectivity index (χ4v) is 0.795. The Balaban J connectivity index is 2.61. The van der Waals surface area contributed by atoms with Gasteiger partial charge in [-0.3, -0.25) is 0 Å². The lowest BCUT2D eigenvalue weighted by Crippen LogP contribution is -1.99. The molecule has 0 saturated heterocycles. The highest BCUT2D eigenvalue weighted by Crippen LogP contribution is 2.30. The van der Waals surface area contributed by atoms with Gasteiger partial charge < -0.3 is 0 Å². The van der Waals surface area contributed by atoms with Crippen LogP contribution in [0.15, 0.2) is 23.8 Å². The van der Waals surface area contributed by atoms with Gasteiger partial charge in [-0.15, -0.1) is 0 Å². The van der Waals surface area contributed by atoms with Crippen LogP contribution in [-0.4, -0.2) is 0 Å². The molecule has 0 radical (unpaired) electrons. The number of rotatable bonds is 0. The molecule has 1 fully saturated rings. The van der Waals surface area contributed by atoms with Gasteiger partial charge in [0.2, 0.25) is 0 Å². The predicted octanol–water partition coefficient (Wildman–Crippen LogP) is 2.28. The minimum atomic E-state index is 1.22. The van der Waals surface area contributed by atoms with Crippen molar-refractivity contribution in [2.45, 2.75) is 19.8 Å². The van der Waals surface area contributed by atoms with E-state index in [0.717, 1.165) is 0 Å². The highest BCUT2D eigenvalue weighted by molar-refractivity contribution is 5.36. The lowest BCUT2D eigenvalue weighted by molar-refractivity contribution is 0.826. The summed E-state index contributed by atoms with van der Waals surface area (Å²) >= 11 is 0. The zero-order valence-electron chi connectivity index (χ0n) is 4.70. The molecular formula is C7H10. The lowest BCUT2D eigenvalue weighted by Gasteiger charge is -2.18. The SMILES string of the molecule is C=C1CCC1=CC. The third-order valence-electron chi connectivity index (χ3n) is 1.50. The monoisotopic (exact) mass is 94.1 g/mol. The van der Waals surface area contributed by atoms with Crippen LogP contribution >= 0.6 is 0 Å². The van der Waals surface area contributed by atoms with E-state index in [4.69, 9.17) is 0 Å². The van der Waals surface area contributed by atoms with Crippen molar-refractivity contribution in [2.24, 2.45) is 0 Å². The molecule has 0 aromatic rings. The molecule has 0 amide bonds. The first kappa shape index (κ1) is 4.63. The standard InChI is InChI=1S/C7H10/c1-3-7-5-4-6(7)2/h3H,2,4-5H2,1H3. The molecule has 0 N–H and O–H groups in total. The lowest BCUT2D eigenvalue weighted by atomic mass is 9.87. The highest BCUT2D eigenvalue weighted by Gasteiger charge is 2.10. The average Bonchev–Trinajstić information content (AvgIpc) is 1.65. The zero-order valence-corrected chi connectivity index (χ0v) is 4.70. The molecule has 38 valence electrons. The maximum atomic E-state index is 3.84. The fraction of sp³-hybridized carbons (Fsp3) is 0.429. The summed E-state index contributed by atoms with van der Waals surface area (Å²) in [5.74, 6) is 0. The maximum absolute atomic E-state index is 3.84. The largest absolute Gasteiger partial charge is 0.0956 e. The van der Waals surface area contributed by atoms with Crippen LogP contribution < -0.4 is 0 Å². The smallest absolute Gasteiger partial charge is 0.0239 e. The summed E-state index contributed by atoms with van der Waals surface area (Å²) in [4.78, 5) is 0. The van der Waals surface area contributed by atoms with E-state index in [1.807, 2.05) is 0 Å². The van der Waals surface area contributed by atoms with Gasteiger partial charge in [0.05, 0.1) is 0 Å². The van der Waals surface area contributed by atoms with E-state index in [9.17, 15) is 0 Å². The van der Waals surface area contributed by atoms with E-state index in [2.05, 4.69) is 19.6 Å². The second kappa shape index (κ2) is 1.53. The summed E-state index contributed by atoms with van der Waals surface area (Å²) in [7, 11) is 0. The molecule has 1 rings (SSSR count). The van der Waals surface area contributed by atoms with Crippen molar-refractivity contribution < 1.29 is 0 Å². The molecule has 0 aromatic heterocycles. The van der Waals surface area contributed by atoms with Gasteiger partial charge in [-0.05, 0) is 25.3 Å². The summed E-state index contributed by atoms with van der Waals surface area (Å²) in [5.41, 5.74) is 2.79. The van der Waals surface area contributed by atoms with Crippen molar-refractivity contribution in [2.75, 3.05) is 0 Å². The molecule has 0 nitrogen and oxygen atoms in total. The Kier molecular flexibility index (Phi) is 1.01. The Labute approximate surface area is 44.5 Å². The number of hydrogen-bond donors (Lipinski definition) is 0. The Hall–Kier alpha value is -0.520. The molecule has 0 bridgehead atoms. The number of hydrogen-bond acceptors (Lipinski definition) is 0. The molecule has 1 saturated carbocycles. The first-order chi connectivity index (χ1) is 3.34. The predicted molar refractivity (Wildman–Crippen MR) is 32.1 cm³/mol. The molecule has 1 aliphatic carbocycles. The van der Waals surface area contributed by atoms with Gasteiger partial charge >= 0.3 is 0 Å². The minimum Gasteiger partial charge on any atom is -0.0956 e. The van der Waals surface area contributed by atoms with Crippen molar-refractivity contribution in [1.82, 2.24) is 0 Å². The normalized spacial score (nSPS) is 25.3. The molecule has 1 aliphatic rings. The first-order valence-electron chi connectivity index (χ1n) is 2.68. The quantitative estimate of drug-likeness (QED) is 0.432. The van der Waals surface area contributed by atoms with Gasteiger partial charge in [-0.1, -0.05) is 18.2 Å². The van der Waals surface area contributed by atoms with Crippen molar-refractivity contribution in [3.8, 4) is 0 Å². The third kappa shape index (κ3) is 0.604. The topological polar surface area (TPSA) is 0 Å². The molecule has 0 heteroatoms. The first-order valence-corrected chi connectivity index (χ1v) is 2.68. The Bertz CT molecular complexity index is 118. The van der Waals surface area contributed by atoms with E-state index in [1.165, 1.54) is 24.0 Å². The van der Waals surface area contributed by atoms with Crippen LogP contribution in [-0.2, 0) is 0 Å². The van der Waals surface area contributed by atoms with Gasteiger partial charge in [-0.2, -0.15) is 0 Å². The van der Waals surface area contributed by atoms with Crippen LogP contribution in [0.2, 0.25) is 0 Å². The molecule has 0 aliphatic heterocycles. The van der Waals surface area contributed by atoms with Crippen LogP contribution in [0, 0.1) is 0 Å². The molecule has 0 spiro atoms. The van der Waals surface area contributed by atoms with Crippen molar-refractivity contribution in [3.63, 3.8) is 0 Å². The summed E-state index contributed by atoms with van der Waals surface area (Å²) in [6.07, 6.45) is 4.63. The van der Waals surface area contributed by atoms with Crippen molar-refractivity contribution >= 4 is 0 Å². The van der Waals surface area contributed by atoms with Crippen molar-refractivity contribution in [3.05, 3.63) is 23.8 Å². The van der Waals surface area contributed by atoms with Gasteiger partial charge in [0.1, 0.15) is 0 Å². The van der Waals surface area contributed by atoms with E-state index in [-0.39, 0.29) is 0 Å². The summed E-state index contributed by atoms with van der Waals surface area (Å²) in [6.45, 7) is 5.91. The average molecular weight is 94.2 g/mol. The summed E-state index contributed by atoms with van der Waals surface area (Å²) in [5, 5.41) is 0. The van der Waals surface area contributed by atoms with E-state index < -0.39 is 0 Å². The van der Waals surface area contributed by atoms with Gasteiger partial charge in [0.25, 0.3) is 0 Å². The Morgan fingerprint density at radius 1 is 1.57 bits per heavy atom. The molecule has 0 heterocycles. The number of allylic oxidation sites excluding steroid dienone is 3. The molecule has 0 unspecified atom stereocenters. The molecule has 0 atom stereocenters. The van der Waals surface area contributed by atoms with E-state index in [1.54, 1.807) is 0 Å². The summed E-state index contributed by atoms with van der Waals surface area (Å²) in [6, 6.07) is 0. The van der Waals surface area contributed by atoms with Crippen LogP contribution in [0.4, 0.5) is 0 Å². The minimum absolute atomic E-state index is 1.22. The third-order valence-corrected chi connectivity index (χ3v) is 1.50. The van der Waals surface area contributed by atoms with Crippen LogP contribution in [0.3, 0.4) is 0 Å². The van der Waals surface area contributed by atoms with Crippen LogP contribution in [0.25, 0.3) is 0 Å². The van der Waals surface area contributed by atoms with Gasteiger partial charge in [0.15, 0.2) is 0 Å². The fourth-order valence-electron chi connectivity index (χ4n) is 0.795. The second-order valence-electron chi connectivity index (χ2n) is 1.92. The Morgan fingerprint density at radius 2 is 2.29 bits per heavy atom. The second-order valence-corrected chi connectivity index (χ2v) is 1.92. The molecule has 7 heavy (non-hydrogen) atoms. The van der Waals surface area contributed by atoms with E-state index in [0.29, 0.717) is 0 Å².